The zero-order chi connectivity index (χ0) is 11.7. The first-order valence-electron chi connectivity index (χ1n) is 7.14. The Balaban J connectivity index is 1.73. The molecule has 0 aromatic rings. The molecule has 17 heavy (non-hydrogen) atoms. The predicted octanol–water partition coefficient (Wildman–Crippen LogP) is 0.700. The minimum absolute atomic E-state index is 0.377. The van der Waals surface area contributed by atoms with Crippen molar-refractivity contribution in [1.29, 1.82) is 0 Å². The summed E-state index contributed by atoms with van der Waals surface area (Å²) < 4.78 is 5.81. The van der Waals surface area contributed by atoms with E-state index in [4.69, 9.17) is 4.74 Å². The summed E-state index contributed by atoms with van der Waals surface area (Å²) in [7, 11) is 0. The van der Waals surface area contributed by atoms with Gasteiger partial charge < -0.3 is 15.2 Å². The van der Waals surface area contributed by atoms with E-state index in [1.54, 1.807) is 0 Å². The Morgan fingerprint density at radius 3 is 2.65 bits per heavy atom. The first-order valence-corrected chi connectivity index (χ1v) is 7.14. The number of hydrogen-bond donors (Lipinski definition) is 2. The Labute approximate surface area is 103 Å². The molecule has 3 aliphatic rings. The van der Waals surface area contributed by atoms with Gasteiger partial charge in [-0.15, -0.1) is 0 Å². The monoisotopic (exact) mass is 240 g/mol. The van der Waals surface area contributed by atoms with Gasteiger partial charge in [0.25, 0.3) is 0 Å². The van der Waals surface area contributed by atoms with E-state index >= 15 is 0 Å². The Morgan fingerprint density at radius 1 is 1.06 bits per heavy atom. The van der Waals surface area contributed by atoms with Crippen LogP contribution in [0.15, 0.2) is 0 Å². The normalized spacial score (nSPS) is 41.1. The molecule has 0 spiro atoms. The summed E-state index contributed by atoms with van der Waals surface area (Å²) in [6.07, 6.45) is 7.29. The van der Waals surface area contributed by atoms with Crippen LogP contribution in [0.25, 0.3) is 0 Å². The molecule has 2 N–H and O–H groups in total. The third-order valence-electron chi connectivity index (χ3n) is 4.58. The number of nitrogens with one attached hydrogen (secondary N) is 1. The number of aliphatic hydroxyl groups excluding tert-OH is 1. The van der Waals surface area contributed by atoms with Crippen LogP contribution in [-0.2, 0) is 4.74 Å². The van der Waals surface area contributed by atoms with Gasteiger partial charge in [0.05, 0.1) is 12.7 Å². The van der Waals surface area contributed by atoms with Gasteiger partial charge >= 0.3 is 0 Å². The van der Waals surface area contributed by atoms with Crippen molar-refractivity contribution >= 4 is 0 Å². The summed E-state index contributed by atoms with van der Waals surface area (Å²) in [5, 5.41) is 13.6. The molecule has 4 heteroatoms. The predicted molar refractivity (Wildman–Crippen MR) is 65.7 cm³/mol. The highest BCUT2D eigenvalue weighted by Crippen LogP contribution is 2.33. The third kappa shape index (κ3) is 2.36. The van der Waals surface area contributed by atoms with Gasteiger partial charge in [0.2, 0.25) is 0 Å². The van der Waals surface area contributed by atoms with Crippen LogP contribution in [0.1, 0.15) is 38.5 Å². The third-order valence-corrected chi connectivity index (χ3v) is 4.58. The zero-order valence-corrected chi connectivity index (χ0v) is 10.5. The van der Waals surface area contributed by atoms with Crippen LogP contribution >= 0.6 is 0 Å². The molecule has 0 aromatic carbocycles. The minimum Gasteiger partial charge on any atom is -0.376 e. The molecule has 2 heterocycles. The van der Waals surface area contributed by atoms with Crippen LogP contribution in [0.2, 0.25) is 0 Å². The molecular formula is C13H24N2O2. The molecule has 0 amide bonds. The van der Waals surface area contributed by atoms with Crippen molar-refractivity contribution in [2.24, 2.45) is 0 Å². The number of fused-ring (bicyclic) bond motifs is 1. The van der Waals surface area contributed by atoms with E-state index in [1.807, 2.05) is 0 Å². The average Bonchev–Trinajstić information content (AvgIpc) is 2.39. The van der Waals surface area contributed by atoms with Crippen molar-refractivity contribution < 1.29 is 9.84 Å². The van der Waals surface area contributed by atoms with Gasteiger partial charge in [0, 0.05) is 12.1 Å². The van der Waals surface area contributed by atoms with E-state index in [2.05, 4.69) is 10.2 Å². The van der Waals surface area contributed by atoms with Crippen LogP contribution < -0.4 is 5.32 Å². The highest BCUT2D eigenvalue weighted by Gasteiger charge is 2.41. The molecule has 1 unspecified atom stereocenters. The van der Waals surface area contributed by atoms with E-state index in [0.717, 1.165) is 13.1 Å². The molecule has 0 radical (unpaired) electrons. The van der Waals surface area contributed by atoms with Crippen LogP contribution in [0.5, 0.6) is 0 Å². The Hall–Kier alpha value is -0.160. The summed E-state index contributed by atoms with van der Waals surface area (Å²) in [6.45, 7) is 2.68. The van der Waals surface area contributed by atoms with Crippen molar-refractivity contribution in [3.05, 3.63) is 0 Å². The molecule has 1 saturated carbocycles. The zero-order valence-electron chi connectivity index (χ0n) is 10.5. The molecule has 0 aromatic heterocycles. The number of piperidine rings is 1. The standard InChI is InChI=1S/C13H24N2O2/c16-13-9-17-12-4-2-1-3-11(12)15(13)10-5-7-14-8-6-10/h10-14,16H,1-9H2/t11-,12-,13?/m0/s1. The molecule has 3 atom stereocenters. The van der Waals surface area contributed by atoms with Crippen molar-refractivity contribution in [3.63, 3.8) is 0 Å². The van der Waals surface area contributed by atoms with E-state index in [9.17, 15) is 5.11 Å². The number of hydrogen-bond acceptors (Lipinski definition) is 4. The van der Waals surface area contributed by atoms with E-state index in [-0.39, 0.29) is 6.23 Å². The van der Waals surface area contributed by atoms with Gasteiger partial charge in [-0.05, 0) is 38.8 Å². The van der Waals surface area contributed by atoms with Crippen molar-refractivity contribution in [3.8, 4) is 0 Å². The Kier molecular flexibility index (Phi) is 3.66. The maximum Gasteiger partial charge on any atom is 0.131 e. The fourth-order valence-corrected chi connectivity index (χ4v) is 3.75. The van der Waals surface area contributed by atoms with Crippen LogP contribution in [0, 0.1) is 0 Å². The van der Waals surface area contributed by atoms with Crippen LogP contribution in [0.3, 0.4) is 0 Å². The number of ether oxygens (including phenoxy) is 1. The van der Waals surface area contributed by atoms with Crippen molar-refractivity contribution in [1.82, 2.24) is 10.2 Å². The average molecular weight is 240 g/mol. The lowest BCUT2D eigenvalue weighted by Gasteiger charge is -2.50. The summed E-state index contributed by atoms with van der Waals surface area (Å²) >= 11 is 0. The molecule has 2 aliphatic heterocycles. The quantitative estimate of drug-likeness (QED) is 0.708. The van der Waals surface area contributed by atoms with Crippen LogP contribution in [0.4, 0.5) is 0 Å². The second-order valence-corrected chi connectivity index (χ2v) is 5.63. The lowest BCUT2D eigenvalue weighted by molar-refractivity contribution is -0.197. The lowest BCUT2D eigenvalue weighted by Crippen LogP contribution is -2.62. The van der Waals surface area contributed by atoms with E-state index in [1.165, 1.54) is 38.5 Å². The van der Waals surface area contributed by atoms with Crippen molar-refractivity contribution in [2.75, 3.05) is 19.7 Å². The molecule has 0 bridgehead atoms. The van der Waals surface area contributed by atoms with Crippen molar-refractivity contribution in [2.45, 2.75) is 62.9 Å². The minimum atomic E-state index is -0.377. The summed E-state index contributed by atoms with van der Waals surface area (Å²) in [4.78, 5) is 2.38. The molecule has 3 fully saturated rings. The highest BCUT2D eigenvalue weighted by atomic mass is 16.5. The maximum absolute atomic E-state index is 10.2. The van der Waals surface area contributed by atoms with Gasteiger partial charge in [0.15, 0.2) is 0 Å². The number of rotatable bonds is 1. The van der Waals surface area contributed by atoms with E-state index in [0.29, 0.717) is 24.8 Å². The highest BCUT2D eigenvalue weighted by molar-refractivity contribution is 4.93. The second kappa shape index (κ2) is 5.22. The summed E-state index contributed by atoms with van der Waals surface area (Å²) in [5.41, 5.74) is 0. The lowest BCUT2D eigenvalue weighted by atomic mass is 9.87. The maximum atomic E-state index is 10.2. The second-order valence-electron chi connectivity index (χ2n) is 5.63. The van der Waals surface area contributed by atoms with Gasteiger partial charge in [-0.3, -0.25) is 4.90 Å². The fraction of sp³-hybridized carbons (Fsp3) is 1.00. The molecule has 98 valence electrons. The van der Waals surface area contributed by atoms with E-state index < -0.39 is 0 Å². The molecule has 3 rings (SSSR count). The molecular weight excluding hydrogens is 216 g/mol. The largest absolute Gasteiger partial charge is 0.376 e. The van der Waals surface area contributed by atoms with Gasteiger partial charge in [-0.25, -0.2) is 0 Å². The number of aliphatic hydroxyl groups is 1. The molecule has 1 aliphatic carbocycles. The first-order chi connectivity index (χ1) is 8.36. The topological polar surface area (TPSA) is 44.7 Å². The Bertz CT molecular complexity index is 256. The van der Waals surface area contributed by atoms with Gasteiger partial charge in [-0.2, -0.15) is 0 Å². The van der Waals surface area contributed by atoms with Gasteiger partial charge in [0.1, 0.15) is 6.23 Å². The fourth-order valence-electron chi connectivity index (χ4n) is 3.75. The van der Waals surface area contributed by atoms with Gasteiger partial charge in [-0.1, -0.05) is 12.8 Å². The summed E-state index contributed by atoms with van der Waals surface area (Å²) in [6, 6.07) is 1.02. The molecule has 2 saturated heterocycles. The number of morpholine rings is 1. The number of nitrogens with zero attached hydrogens (tertiary/aromatic N) is 1. The smallest absolute Gasteiger partial charge is 0.131 e. The SMILES string of the molecule is OC1CO[C@H]2CCCC[C@@H]2N1C1CCNCC1. The first kappa shape index (κ1) is 11.9. The Morgan fingerprint density at radius 2 is 1.82 bits per heavy atom. The summed E-state index contributed by atoms with van der Waals surface area (Å²) in [5.74, 6) is 0. The van der Waals surface area contributed by atoms with Crippen LogP contribution in [-0.4, -0.2) is 54.1 Å². The molecule has 4 nitrogen and oxygen atoms in total.